The van der Waals surface area contributed by atoms with Crippen LogP contribution in [0.2, 0.25) is 0 Å². The first-order chi connectivity index (χ1) is 9.04. The lowest BCUT2D eigenvalue weighted by Crippen LogP contribution is -2.12. The van der Waals surface area contributed by atoms with E-state index in [9.17, 15) is 4.79 Å². The van der Waals surface area contributed by atoms with Crippen LogP contribution >= 0.6 is 18.8 Å². The SMILES string of the molecule is CC(C)OC(=O)c1ccccc1O[P+](=S)OCCCl. The average Bonchev–Trinajstić information content (AvgIpc) is 2.36. The van der Waals surface area contributed by atoms with E-state index in [1.54, 1.807) is 38.1 Å². The van der Waals surface area contributed by atoms with Crippen molar-refractivity contribution in [1.29, 1.82) is 0 Å². The highest BCUT2D eigenvalue weighted by atomic mass is 35.5. The van der Waals surface area contributed by atoms with E-state index in [0.29, 0.717) is 23.8 Å². The van der Waals surface area contributed by atoms with Crippen molar-refractivity contribution in [3.8, 4) is 5.75 Å². The molecule has 1 unspecified atom stereocenters. The second-order valence-electron chi connectivity index (χ2n) is 3.79. The van der Waals surface area contributed by atoms with Crippen LogP contribution in [0, 0.1) is 0 Å². The number of carbonyl (C=O) groups excluding carboxylic acids is 1. The number of halogens is 1. The molecule has 0 bridgehead atoms. The largest absolute Gasteiger partial charge is 0.573 e. The molecule has 0 amide bonds. The highest BCUT2D eigenvalue weighted by Gasteiger charge is 2.22. The Hall–Kier alpha value is -0.740. The van der Waals surface area contributed by atoms with Crippen molar-refractivity contribution in [1.82, 2.24) is 0 Å². The fourth-order valence-electron chi connectivity index (χ4n) is 1.21. The molecule has 104 valence electrons. The summed E-state index contributed by atoms with van der Waals surface area (Å²) >= 11 is 10.5. The maximum Gasteiger partial charge on any atom is 0.573 e. The molecule has 0 fully saturated rings. The molecule has 0 aliphatic carbocycles. The van der Waals surface area contributed by atoms with Crippen LogP contribution in [0.1, 0.15) is 24.2 Å². The van der Waals surface area contributed by atoms with E-state index in [1.165, 1.54) is 0 Å². The van der Waals surface area contributed by atoms with Gasteiger partial charge in [-0.3, -0.25) is 0 Å². The van der Waals surface area contributed by atoms with Gasteiger partial charge >= 0.3 is 13.1 Å². The minimum absolute atomic E-state index is 0.196. The molecular weight excluding hydrogens is 307 g/mol. The van der Waals surface area contributed by atoms with Gasteiger partial charge in [-0.2, -0.15) is 0 Å². The van der Waals surface area contributed by atoms with Crippen molar-refractivity contribution in [3.63, 3.8) is 0 Å². The first-order valence-corrected chi connectivity index (χ1v) is 8.41. The summed E-state index contributed by atoms with van der Waals surface area (Å²) in [5.41, 5.74) is 0.336. The molecule has 0 spiro atoms. The lowest BCUT2D eigenvalue weighted by molar-refractivity contribution is 0.0376. The summed E-state index contributed by atoms with van der Waals surface area (Å²) < 4.78 is 15.8. The molecule has 19 heavy (non-hydrogen) atoms. The van der Waals surface area contributed by atoms with Crippen molar-refractivity contribution in [2.75, 3.05) is 12.5 Å². The van der Waals surface area contributed by atoms with Gasteiger partial charge in [-0.1, -0.05) is 12.1 Å². The third-order valence-electron chi connectivity index (χ3n) is 1.90. The van der Waals surface area contributed by atoms with E-state index < -0.39 is 13.1 Å². The third kappa shape index (κ3) is 5.83. The first kappa shape index (κ1) is 16.3. The van der Waals surface area contributed by atoms with Gasteiger partial charge in [0.05, 0.1) is 12.0 Å². The Bertz CT molecular complexity index is 453. The van der Waals surface area contributed by atoms with E-state index in [2.05, 4.69) is 0 Å². The quantitative estimate of drug-likeness (QED) is 0.435. The Morgan fingerprint density at radius 3 is 2.74 bits per heavy atom. The molecule has 0 radical (unpaired) electrons. The molecule has 1 rings (SSSR count). The summed E-state index contributed by atoms with van der Waals surface area (Å²) in [6, 6.07) is 6.76. The third-order valence-corrected chi connectivity index (χ3v) is 3.33. The van der Waals surface area contributed by atoms with Gasteiger partial charge in [-0.05, 0) is 26.0 Å². The molecule has 1 aromatic carbocycles. The number of hydrogen-bond acceptors (Lipinski definition) is 5. The predicted molar refractivity (Wildman–Crippen MR) is 78.6 cm³/mol. The molecule has 0 N–H and O–H groups in total. The summed E-state index contributed by atoms with van der Waals surface area (Å²) in [5, 5.41) is 0. The van der Waals surface area contributed by atoms with E-state index in [-0.39, 0.29) is 6.10 Å². The normalized spacial score (nSPS) is 11.3. The molecule has 0 aliphatic heterocycles. The fraction of sp³-hybridized carbons (Fsp3) is 0.417. The van der Waals surface area contributed by atoms with Crippen molar-refractivity contribution >= 4 is 36.5 Å². The van der Waals surface area contributed by atoms with Gasteiger partial charge < -0.3 is 4.74 Å². The smallest absolute Gasteiger partial charge is 0.459 e. The second kappa shape index (κ2) is 8.43. The molecule has 0 heterocycles. The standard InChI is InChI=1S/C12H15ClO4PS/c1-9(2)16-12(14)10-5-3-4-6-11(10)17-18(19)15-8-7-13/h3-6,9H,7-8H2,1-2H3/q+1. The second-order valence-corrected chi connectivity index (χ2v) is 5.95. The number of para-hydroxylation sites is 1. The Morgan fingerprint density at radius 2 is 2.11 bits per heavy atom. The van der Waals surface area contributed by atoms with Gasteiger partial charge in [0.1, 0.15) is 12.2 Å². The highest BCUT2D eigenvalue weighted by Crippen LogP contribution is 2.31. The van der Waals surface area contributed by atoms with E-state index >= 15 is 0 Å². The zero-order valence-electron chi connectivity index (χ0n) is 10.7. The maximum atomic E-state index is 11.9. The van der Waals surface area contributed by atoms with Gasteiger partial charge in [0.2, 0.25) is 17.6 Å². The average molecular weight is 322 g/mol. The number of alkyl halides is 1. The fourth-order valence-corrected chi connectivity index (χ4v) is 2.47. The summed E-state index contributed by atoms with van der Waals surface area (Å²) in [6.07, 6.45) is -0.196. The lowest BCUT2D eigenvalue weighted by atomic mass is 10.2. The van der Waals surface area contributed by atoms with Crippen LogP contribution < -0.4 is 4.52 Å². The first-order valence-electron chi connectivity index (χ1n) is 5.68. The Morgan fingerprint density at radius 1 is 1.42 bits per heavy atom. The lowest BCUT2D eigenvalue weighted by Gasteiger charge is -2.08. The summed E-state index contributed by atoms with van der Waals surface area (Å²) in [5.74, 6) is 0.265. The molecule has 0 aromatic heterocycles. The number of hydrogen-bond donors (Lipinski definition) is 0. The molecule has 1 aromatic rings. The van der Waals surface area contributed by atoms with Crippen molar-refractivity contribution in [3.05, 3.63) is 29.8 Å². The van der Waals surface area contributed by atoms with Gasteiger partial charge in [-0.15, -0.1) is 16.1 Å². The van der Waals surface area contributed by atoms with Gasteiger partial charge in [0, 0.05) is 0 Å². The number of ether oxygens (including phenoxy) is 1. The van der Waals surface area contributed by atoms with E-state index in [0.717, 1.165) is 0 Å². The molecule has 0 saturated heterocycles. The molecule has 1 atom stereocenters. The van der Waals surface area contributed by atoms with Gasteiger partial charge in [0.15, 0.2) is 0 Å². The minimum atomic E-state index is -1.53. The maximum absolute atomic E-state index is 11.9. The van der Waals surface area contributed by atoms with E-state index in [1.807, 2.05) is 0 Å². The number of benzene rings is 1. The van der Waals surface area contributed by atoms with Crippen LogP contribution in [0.4, 0.5) is 0 Å². The van der Waals surface area contributed by atoms with Gasteiger partial charge in [-0.25, -0.2) is 9.32 Å². The van der Waals surface area contributed by atoms with Crippen LogP contribution in [0.25, 0.3) is 0 Å². The number of carbonyl (C=O) groups is 1. The monoisotopic (exact) mass is 321 g/mol. The summed E-state index contributed by atoms with van der Waals surface area (Å²) in [4.78, 5) is 11.9. The van der Waals surface area contributed by atoms with Crippen LogP contribution in [0.5, 0.6) is 5.75 Å². The van der Waals surface area contributed by atoms with Crippen molar-refractivity contribution in [2.24, 2.45) is 0 Å². The van der Waals surface area contributed by atoms with Crippen molar-refractivity contribution < 1.29 is 18.6 Å². The van der Waals surface area contributed by atoms with Crippen molar-refractivity contribution in [2.45, 2.75) is 20.0 Å². The molecule has 4 nitrogen and oxygen atoms in total. The zero-order chi connectivity index (χ0) is 14.3. The number of esters is 1. The Labute approximate surface area is 123 Å². The molecule has 0 aliphatic rings. The van der Waals surface area contributed by atoms with Crippen LogP contribution in [0.15, 0.2) is 24.3 Å². The van der Waals surface area contributed by atoms with Gasteiger partial charge in [0.25, 0.3) is 0 Å². The van der Waals surface area contributed by atoms with Crippen LogP contribution in [0.3, 0.4) is 0 Å². The highest BCUT2D eigenvalue weighted by molar-refractivity contribution is 8.00. The summed E-state index contributed by atoms with van der Waals surface area (Å²) in [7, 11) is -1.53. The van der Waals surface area contributed by atoms with Crippen LogP contribution in [-0.4, -0.2) is 24.6 Å². The zero-order valence-corrected chi connectivity index (χ0v) is 13.1. The van der Waals surface area contributed by atoms with E-state index in [4.69, 9.17) is 37.2 Å². The number of rotatable bonds is 7. The predicted octanol–water partition coefficient (Wildman–Crippen LogP) is 3.66. The Kier molecular flexibility index (Phi) is 7.24. The summed E-state index contributed by atoms with van der Waals surface area (Å²) in [6.45, 7) is 3.88. The topological polar surface area (TPSA) is 44.8 Å². The Balaban J connectivity index is 2.78. The molecular formula is C12H15ClO4PS+. The minimum Gasteiger partial charge on any atom is -0.459 e. The molecule has 0 saturated carbocycles. The van der Waals surface area contributed by atoms with Crippen LogP contribution in [-0.2, 0) is 21.1 Å². The molecule has 7 heteroatoms.